The summed E-state index contributed by atoms with van der Waals surface area (Å²) in [7, 11) is 3.10. The number of amides is 1. The molecule has 1 amide bonds. The van der Waals surface area contributed by atoms with E-state index in [2.05, 4.69) is 10.2 Å². The first kappa shape index (κ1) is 35.6. The Morgan fingerprint density at radius 3 is 1.91 bits per heavy atom. The number of unbranched alkanes of at least 4 members (excludes halogenated alkanes) is 2. The van der Waals surface area contributed by atoms with Gasteiger partial charge in [0, 0.05) is 48.5 Å². The van der Waals surface area contributed by atoms with Gasteiger partial charge >= 0.3 is 6.09 Å². The summed E-state index contributed by atoms with van der Waals surface area (Å²) in [5.74, 6) is -1.28. The highest BCUT2D eigenvalue weighted by Gasteiger charge is 2.45. The largest absolute Gasteiger partial charge is 0.497 e. The molecule has 3 aromatic carbocycles. The lowest BCUT2D eigenvalue weighted by molar-refractivity contribution is 0.0526. The Balaban J connectivity index is 1.63. The van der Waals surface area contributed by atoms with Gasteiger partial charge in [0.1, 0.15) is 22.9 Å². The number of halogens is 1. The number of Topliss-reactive ketones (excluding diaryl/α,β-unsaturated/α-hetero) is 2. The topological polar surface area (TPSA) is 94.2 Å². The number of ketones is 2. The van der Waals surface area contributed by atoms with Gasteiger partial charge in [-0.2, -0.15) is 0 Å². The number of hydrogen-bond donors (Lipinski definition) is 1. The maximum absolute atomic E-state index is 15.1. The van der Waals surface area contributed by atoms with Crippen LogP contribution in [0.15, 0.2) is 66.7 Å². The second-order valence-electron chi connectivity index (χ2n) is 13.1. The minimum atomic E-state index is -0.621. The standard InChI is InChI=1S/C38H47FN2O6/c1-25-30(17-12-18-33(25)39)34-31(35(42)26-13-10-15-28(21-26)45-5)23-41(20-9-7-8-19-40-37(44)47-38(2,3)4)24-32(34)36(43)27-14-11-16-29(22-27)46-6/h10-18,21-22,31-32,34H,7-9,19-20,23-24H2,1-6H3,(H,40,44)/t31-,32+,34?. The molecule has 0 saturated carbocycles. The van der Waals surface area contributed by atoms with Crippen molar-refractivity contribution in [3.63, 3.8) is 0 Å². The molecule has 1 heterocycles. The summed E-state index contributed by atoms with van der Waals surface area (Å²) in [6, 6.07) is 19.0. The molecule has 0 aromatic heterocycles. The summed E-state index contributed by atoms with van der Waals surface area (Å²) in [5.41, 5.74) is 1.51. The minimum Gasteiger partial charge on any atom is -0.497 e. The zero-order chi connectivity index (χ0) is 34.1. The maximum Gasteiger partial charge on any atom is 0.407 e. The van der Waals surface area contributed by atoms with Gasteiger partial charge in [-0.3, -0.25) is 9.59 Å². The molecule has 4 rings (SSSR count). The van der Waals surface area contributed by atoms with Crippen LogP contribution < -0.4 is 14.8 Å². The van der Waals surface area contributed by atoms with Crippen molar-refractivity contribution in [2.75, 3.05) is 40.4 Å². The van der Waals surface area contributed by atoms with E-state index in [1.54, 1.807) is 75.7 Å². The summed E-state index contributed by atoms with van der Waals surface area (Å²) in [6.07, 6.45) is 1.96. The summed E-state index contributed by atoms with van der Waals surface area (Å²) < 4.78 is 31.2. The number of nitrogens with one attached hydrogen (secondary N) is 1. The van der Waals surface area contributed by atoms with Crippen molar-refractivity contribution < 1.29 is 33.0 Å². The van der Waals surface area contributed by atoms with E-state index in [4.69, 9.17) is 14.2 Å². The molecule has 1 fully saturated rings. The van der Waals surface area contributed by atoms with Gasteiger partial charge in [0.05, 0.1) is 14.2 Å². The zero-order valence-electron chi connectivity index (χ0n) is 28.3. The summed E-state index contributed by atoms with van der Waals surface area (Å²) in [6.45, 7) is 9.15. The second-order valence-corrected chi connectivity index (χ2v) is 13.1. The number of benzene rings is 3. The van der Waals surface area contributed by atoms with Crippen LogP contribution in [0, 0.1) is 24.6 Å². The van der Waals surface area contributed by atoms with Crippen LogP contribution in [-0.2, 0) is 4.74 Å². The third-order valence-corrected chi connectivity index (χ3v) is 8.65. The van der Waals surface area contributed by atoms with E-state index in [9.17, 15) is 14.4 Å². The Bertz CT molecular complexity index is 1480. The third kappa shape index (κ3) is 9.41. The van der Waals surface area contributed by atoms with E-state index in [0.29, 0.717) is 59.9 Å². The zero-order valence-corrected chi connectivity index (χ0v) is 28.3. The molecule has 1 aliphatic heterocycles. The Morgan fingerprint density at radius 2 is 1.38 bits per heavy atom. The van der Waals surface area contributed by atoms with Crippen LogP contribution in [0.4, 0.5) is 9.18 Å². The van der Waals surface area contributed by atoms with E-state index in [-0.39, 0.29) is 17.4 Å². The molecule has 1 unspecified atom stereocenters. The monoisotopic (exact) mass is 646 g/mol. The molecule has 1 N–H and O–H groups in total. The maximum atomic E-state index is 15.1. The molecular formula is C38H47FN2O6. The smallest absolute Gasteiger partial charge is 0.407 e. The molecule has 9 heteroatoms. The van der Waals surface area contributed by atoms with Gasteiger partial charge in [0.2, 0.25) is 0 Å². The van der Waals surface area contributed by atoms with Crippen molar-refractivity contribution in [2.45, 2.75) is 58.5 Å². The van der Waals surface area contributed by atoms with Crippen molar-refractivity contribution in [3.05, 3.63) is 94.8 Å². The lowest BCUT2D eigenvalue weighted by Gasteiger charge is -2.43. The van der Waals surface area contributed by atoms with Crippen LogP contribution >= 0.6 is 0 Å². The number of likely N-dealkylation sites (tertiary alicyclic amines) is 1. The number of methoxy groups -OCH3 is 2. The van der Waals surface area contributed by atoms with Gasteiger partial charge in [0.15, 0.2) is 11.6 Å². The molecular weight excluding hydrogens is 599 g/mol. The summed E-state index contributed by atoms with van der Waals surface area (Å²) >= 11 is 0. The van der Waals surface area contributed by atoms with Gasteiger partial charge in [0.25, 0.3) is 0 Å². The van der Waals surface area contributed by atoms with Crippen LogP contribution in [-0.4, -0.2) is 68.6 Å². The Labute approximate surface area is 277 Å². The van der Waals surface area contributed by atoms with Crippen molar-refractivity contribution in [3.8, 4) is 11.5 Å². The predicted octanol–water partition coefficient (Wildman–Crippen LogP) is 7.24. The van der Waals surface area contributed by atoms with Crippen LogP contribution in [0.5, 0.6) is 11.5 Å². The minimum absolute atomic E-state index is 0.118. The SMILES string of the molecule is COc1cccc(C(=O)[C@H]2CN(CCCCCNC(=O)OC(C)(C)C)C[C@@H](C(=O)c3cccc(OC)c3)C2c2cccc(F)c2C)c1. The molecule has 0 radical (unpaired) electrons. The van der Waals surface area contributed by atoms with Crippen molar-refractivity contribution >= 4 is 17.7 Å². The van der Waals surface area contributed by atoms with Gasteiger partial charge in [-0.15, -0.1) is 0 Å². The van der Waals surface area contributed by atoms with E-state index in [1.165, 1.54) is 6.07 Å². The Kier molecular flexibility index (Phi) is 12.2. The van der Waals surface area contributed by atoms with E-state index in [1.807, 2.05) is 26.8 Å². The molecule has 1 aliphatic rings. The quantitative estimate of drug-likeness (QED) is 0.155. The summed E-state index contributed by atoms with van der Waals surface area (Å²) in [5, 5.41) is 2.80. The normalized spacial score (nSPS) is 18.3. The Hall–Kier alpha value is -4.24. The fraction of sp³-hybridized carbons (Fsp3) is 0.447. The molecule has 252 valence electrons. The van der Waals surface area contributed by atoms with Crippen molar-refractivity contribution in [1.29, 1.82) is 0 Å². The first-order valence-corrected chi connectivity index (χ1v) is 16.2. The average molecular weight is 647 g/mol. The molecule has 3 atom stereocenters. The van der Waals surface area contributed by atoms with Crippen LogP contribution in [0.2, 0.25) is 0 Å². The fourth-order valence-corrected chi connectivity index (χ4v) is 6.35. The van der Waals surface area contributed by atoms with Crippen molar-refractivity contribution in [1.82, 2.24) is 10.2 Å². The molecule has 8 nitrogen and oxygen atoms in total. The van der Waals surface area contributed by atoms with E-state index >= 15 is 4.39 Å². The lowest BCUT2D eigenvalue weighted by atomic mass is 9.67. The number of alkyl carbamates (subject to hydrolysis) is 1. The van der Waals surface area contributed by atoms with Crippen LogP contribution in [0.3, 0.4) is 0 Å². The van der Waals surface area contributed by atoms with Gasteiger partial charge in [-0.05, 0) is 88.5 Å². The number of rotatable bonds is 13. The molecule has 0 spiro atoms. The van der Waals surface area contributed by atoms with Gasteiger partial charge < -0.3 is 24.4 Å². The van der Waals surface area contributed by atoms with Crippen LogP contribution in [0.1, 0.15) is 77.8 Å². The van der Waals surface area contributed by atoms with E-state index < -0.39 is 29.4 Å². The predicted molar refractivity (Wildman–Crippen MR) is 180 cm³/mol. The number of carbonyl (C=O) groups excluding carboxylic acids is 3. The first-order valence-electron chi connectivity index (χ1n) is 16.2. The van der Waals surface area contributed by atoms with Crippen LogP contribution in [0.25, 0.3) is 0 Å². The lowest BCUT2D eigenvalue weighted by Crippen LogP contribution is -2.50. The molecule has 1 saturated heterocycles. The van der Waals surface area contributed by atoms with Crippen molar-refractivity contribution in [2.24, 2.45) is 11.8 Å². The second kappa shape index (κ2) is 16.0. The number of nitrogens with zero attached hydrogens (tertiary/aromatic N) is 1. The highest BCUT2D eigenvalue weighted by atomic mass is 19.1. The van der Waals surface area contributed by atoms with E-state index in [0.717, 1.165) is 19.3 Å². The summed E-state index contributed by atoms with van der Waals surface area (Å²) in [4.78, 5) is 43.0. The average Bonchev–Trinajstić information content (AvgIpc) is 3.05. The first-order chi connectivity index (χ1) is 22.4. The number of piperidine rings is 1. The molecule has 3 aromatic rings. The molecule has 0 bridgehead atoms. The van der Waals surface area contributed by atoms with Gasteiger partial charge in [-0.25, -0.2) is 9.18 Å². The van der Waals surface area contributed by atoms with Gasteiger partial charge in [-0.1, -0.05) is 42.8 Å². The third-order valence-electron chi connectivity index (χ3n) is 8.65. The molecule has 47 heavy (non-hydrogen) atoms. The fourth-order valence-electron chi connectivity index (χ4n) is 6.35. The number of hydrogen-bond acceptors (Lipinski definition) is 7. The number of carbonyl (C=O) groups is 3. The number of ether oxygens (including phenoxy) is 3. The highest BCUT2D eigenvalue weighted by molar-refractivity contribution is 6.02. The molecule has 0 aliphatic carbocycles. The Morgan fingerprint density at radius 1 is 0.830 bits per heavy atom. The highest BCUT2D eigenvalue weighted by Crippen LogP contribution is 2.43.